The van der Waals surface area contributed by atoms with Gasteiger partial charge in [0.1, 0.15) is 12.1 Å². The fourth-order valence-corrected chi connectivity index (χ4v) is 4.35. The first kappa shape index (κ1) is 22.6. The van der Waals surface area contributed by atoms with Crippen molar-refractivity contribution in [3.63, 3.8) is 0 Å². The zero-order chi connectivity index (χ0) is 23.6. The second kappa shape index (κ2) is 9.10. The van der Waals surface area contributed by atoms with Crippen LogP contribution in [0.25, 0.3) is 11.1 Å². The number of carbonyl (C=O) groups excluding carboxylic acids is 2. The molecule has 0 radical (unpaired) electrons. The highest BCUT2D eigenvalue weighted by Crippen LogP contribution is 2.44. The van der Waals surface area contributed by atoms with Crippen molar-refractivity contribution in [2.24, 2.45) is 5.92 Å². The SMILES string of the molecule is C/C(=C\CNC(=O)OCC1c2ccccc2-c2ccccc21)C(=O)NC(C)(C(=O)O)C1CC1. The predicted octanol–water partition coefficient (Wildman–Crippen LogP) is 3.84. The van der Waals surface area contributed by atoms with Gasteiger partial charge in [-0.25, -0.2) is 9.59 Å². The molecule has 3 N–H and O–H groups in total. The monoisotopic (exact) mass is 448 g/mol. The number of fused-ring (bicyclic) bond motifs is 3. The Labute approximate surface area is 192 Å². The molecule has 2 aliphatic carbocycles. The van der Waals surface area contributed by atoms with Crippen LogP contribution in [0, 0.1) is 5.92 Å². The lowest BCUT2D eigenvalue weighted by atomic mass is 9.95. The third-order valence-corrected chi connectivity index (χ3v) is 6.57. The van der Waals surface area contributed by atoms with E-state index in [4.69, 9.17) is 4.74 Å². The zero-order valence-corrected chi connectivity index (χ0v) is 18.8. The molecule has 1 atom stereocenters. The third-order valence-electron chi connectivity index (χ3n) is 6.57. The van der Waals surface area contributed by atoms with E-state index in [2.05, 4.69) is 34.9 Å². The molecule has 2 aliphatic rings. The zero-order valence-electron chi connectivity index (χ0n) is 18.8. The number of carbonyl (C=O) groups is 3. The Morgan fingerprint density at radius 3 is 2.18 bits per heavy atom. The molecule has 1 saturated carbocycles. The lowest BCUT2D eigenvalue weighted by Gasteiger charge is -2.26. The number of ether oxygens (including phenoxy) is 1. The molecule has 0 bridgehead atoms. The van der Waals surface area contributed by atoms with E-state index in [1.165, 1.54) is 6.92 Å². The van der Waals surface area contributed by atoms with E-state index in [0.717, 1.165) is 35.1 Å². The molecule has 1 fully saturated rings. The van der Waals surface area contributed by atoms with Crippen molar-refractivity contribution in [3.8, 4) is 11.1 Å². The first-order valence-electron chi connectivity index (χ1n) is 11.1. The normalized spacial score (nSPS) is 16.8. The number of aliphatic carboxylic acids is 1. The van der Waals surface area contributed by atoms with Crippen molar-refractivity contribution in [2.75, 3.05) is 13.2 Å². The van der Waals surface area contributed by atoms with Crippen LogP contribution in [0.2, 0.25) is 0 Å². The highest BCUT2D eigenvalue weighted by Gasteiger charge is 2.48. The molecule has 2 amide bonds. The number of amides is 2. The number of alkyl carbamates (subject to hydrolysis) is 1. The van der Waals surface area contributed by atoms with Crippen LogP contribution in [-0.4, -0.2) is 41.8 Å². The van der Waals surface area contributed by atoms with Crippen LogP contribution in [-0.2, 0) is 14.3 Å². The van der Waals surface area contributed by atoms with Crippen molar-refractivity contribution in [1.29, 1.82) is 0 Å². The quantitative estimate of drug-likeness (QED) is 0.532. The van der Waals surface area contributed by atoms with Crippen LogP contribution in [0.3, 0.4) is 0 Å². The molecule has 7 heteroatoms. The minimum atomic E-state index is -1.27. The van der Waals surface area contributed by atoms with Crippen molar-refractivity contribution < 1.29 is 24.2 Å². The minimum Gasteiger partial charge on any atom is -0.480 e. The average Bonchev–Trinajstić information content (AvgIpc) is 3.61. The summed E-state index contributed by atoms with van der Waals surface area (Å²) in [5, 5.41) is 14.7. The summed E-state index contributed by atoms with van der Waals surface area (Å²) in [6.45, 7) is 3.43. The minimum absolute atomic E-state index is 0.0256. The molecule has 33 heavy (non-hydrogen) atoms. The lowest BCUT2D eigenvalue weighted by Crippen LogP contribution is -2.54. The molecule has 0 aromatic heterocycles. The van der Waals surface area contributed by atoms with Gasteiger partial charge in [0.2, 0.25) is 5.91 Å². The van der Waals surface area contributed by atoms with E-state index < -0.39 is 23.5 Å². The van der Waals surface area contributed by atoms with Gasteiger partial charge in [0.15, 0.2) is 0 Å². The first-order chi connectivity index (χ1) is 15.8. The highest BCUT2D eigenvalue weighted by atomic mass is 16.5. The smallest absolute Gasteiger partial charge is 0.407 e. The Morgan fingerprint density at radius 2 is 1.64 bits per heavy atom. The summed E-state index contributed by atoms with van der Waals surface area (Å²) in [5.74, 6) is -1.57. The molecule has 0 spiro atoms. The van der Waals surface area contributed by atoms with Gasteiger partial charge < -0.3 is 20.5 Å². The number of nitrogens with one attached hydrogen (secondary N) is 2. The van der Waals surface area contributed by atoms with Gasteiger partial charge in [-0.05, 0) is 54.9 Å². The van der Waals surface area contributed by atoms with Gasteiger partial charge in [-0.1, -0.05) is 54.6 Å². The summed E-state index contributed by atoms with van der Waals surface area (Å²) in [4.78, 5) is 36.3. The molecule has 2 aromatic rings. The van der Waals surface area contributed by atoms with Crippen molar-refractivity contribution in [3.05, 3.63) is 71.3 Å². The topological polar surface area (TPSA) is 105 Å². The van der Waals surface area contributed by atoms with Crippen LogP contribution < -0.4 is 10.6 Å². The molecule has 2 aromatic carbocycles. The average molecular weight is 449 g/mol. The molecule has 0 aliphatic heterocycles. The summed E-state index contributed by atoms with van der Waals surface area (Å²) in [7, 11) is 0. The van der Waals surface area contributed by atoms with Gasteiger partial charge >= 0.3 is 12.1 Å². The molecule has 7 nitrogen and oxygen atoms in total. The van der Waals surface area contributed by atoms with Crippen molar-refractivity contribution in [1.82, 2.24) is 10.6 Å². The van der Waals surface area contributed by atoms with Crippen molar-refractivity contribution >= 4 is 18.0 Å². The largest absolute Gasteiger partial charge is 0.480 e. The molecule has 0 saturated heterocycles. The summed E-state index contributed by atoms with van der Waals surface area (Å²) in [6, 6.07) is 16.2. The third kappa shape index (κ3) is 4.62. The Kier molecular flexibility index (Phi) is 6.22. The van der Waals surface area contributed by atoms with Gasteiger partial charge in [-0.2, -0.15) is 0 Å². The van der Waals surface area contributed by atoms with Gasteiger partial charge in [0, 0.05) is 18.0 Å². The van der Waals surface area contributed by atoms with Crippen LogP contribution in [0.1, 0.15) is 43.7 Å². The molecule has 4 rings (SSSR count). The standard InChI is InChI=1S/C26H28N2O5/c1-16(23(29)28-26(2,24(30)31)17-11-12-17)13-14-27-25(32)33-15-22-20-9-5-3-7-18(20)19-8-4-6-10-21(19)22/h3-10,13,17,22H,11-12,14-15H2,1-2H3,(H,27,32)(H,28,29)(H,30,31)/b16-13+. The van der Waals surface area contributed by atoms with Crippen LogP contribution >= 0.6 is 0 Å². The maximum Gasteiger partial charge on any atom is 0.407 e. The second-order valence-electron chi connectivity index (χ2n) is 8.83. The summed E-state index contributed by atoms with van der Waals surface area (Å²) in [5.41, 5.74) is 3.65. The van der Waals surface area contributed by atoms with Crippen molar-refractivity contribution in [2.45, 2.75) is 38.1 Å². The van der Waals surface area contributed by atoms with E-state index in [-0.39, 0.29) is 25.0 Å². The Bertz CT molecular complexity index is 1080. The van der Waals surface area contributed by atoms with E-state index in [0.29, 0.717) is 5.57 Å². The Balaban J connectivity index is 1.30. The van der Waals surface area contributed by atoms with Gasteiger partial charge in [-0.15, -0.1) is 0 Å². The molecule has 1 unspecified atom stereocenters. The van der Waals surface area contributed by atoms with Crippen LogP contribution in [0.5, 0.6) is 0 Å². The molecular formula is C26H28N2O5. The van der Waals surface area contributed by atoms with Crippen LogP contribution in [0.4, 0.5) is 4.79 Å². The number of carboxylic acid groups (broad SMARTS) is 1. The number of hydrogen-bond acceptors (Lipinski definition) is 4. The highest BCUT2D eigenvalue weighted by molar-refractivity contribution is 5.97. The lowest BCUT2D eigenvalue weighted by molar-refractivity contribution is -0.147. The maximum absolute atomic E-state index is 12.4. The fourth-order valence-electron chi connectivity index (χ4n) is 4.35. The van der Waals surface area contributed by atoms with E-state index in [1.807, 2.05) is 24.3 Å². The number of hydrogen-bond donors (Lipinski definition) is 3. The first-order valence-corrected chi connectivity index (χ1v) is 11.1. The molecule has 0 heterocycles. The maximum atomic E-state index is 12.4. The number of rotatable bonds is 8. The van der Waals surface area contributed by atoms with E-state index >= 15 is 0 Å². The predicted molar refractivity (Wildman–Crippen MR) is 124 cm³/mol. The Hall–Kier alpha value is -3.61. The molecular weight excluding hydrogens is 420 g/mol. The second-order valence-corrected chi connectivity index (χ2v) is 8.83. The fraction of sp³-hybridized carbons (Fsp3) is 0.346. The Morgan fingerprint density at radius 1 is 1.06 bits per heavy atom. The van der Waals surface area contributed by atoms with Crippen LogP contribution in [0.15, 0.2) is 60.2 Å². The summed E-state index contributed by atoms with van der Waals surface area (Å²) < 4.78 is 5.48. The molecule has 172 valence electrons. The van der Waals surface area contributed by atoms with E-state index in [1.54, 1.807) is 13.0 Å². The number of carboxylic acids is 1. The number of benzene rings is 2. The van der Waals surface area contributed by atoms with Gasteiger partial charge in [0.05, 0.1) is 0 Å². The summed E-state index contributed by atoms with van der Waals surface area (Å²) in [6.07, 6.45) is 2.55. The summed E-state index contributed by atoms with van der Waals surface area (Å²) >= 11 is 0. The van der Waals surface area contributed by atoms with Gasteiger partial charge in [-0.3, -0.25) is 4.79 Å². The van der Waals surface area contributed by atoms with E-state index in [9.17, 15) is 19.5 Å². The van der Waals surface area contributed by atoms with Gasteiger partial charge in [0.25, 0.3) is 0 Å².